The van der Waals surface area contributed by atoms with Gasteiger partial charge in [-0.1, -0.05) is 168 Å². The molecule has 9 rings (SSSR count). The van der Waals surface area contributed by atoms with Gasteiger partial charge in [0.2, 0.25) is 0 Å². The fourth-order valence-electron chi connectivity index (χ4n) is 7.59. The number of benzene rings is 8. The maximum absolute atomic E-state index is 10.0. The quantitative estimate of drug-likeness (QED) is 0.193. The number of aromatic hydroxyl groups is 2. The molecule has 0 spiro atoms. The first-order valence-electron chi connectivity index (χ1n) is 19.0. The molecule has 1 aliphatic rings. The van der Waals surface area contributed by atoms with Crippen molar-refractivity contribution in [3.8, 4) is 22.6 Å². The maximum atomic E-state index is 10.0. The van der Waals surface area contributed by atoms with Gasteiger partial charge in [-0.2, -0.15) is 0 Å². The van der Waals surface area contributed by atoms with Crippen molar-refractivity contribution in [2.24, 2.45) is 0 Å². The molecule has 8 aromatic rings. The number of phenols is 2. The largest absolute Gasteiger partial charge is 0.508 e. The smallest absolute Gasteiger partial charge is 0.116 e. The highest BCUT2D eigenvalue weighted by molar-refractivity contribution is 5.92. The van der Waals surface area contributed by atoms with E-state index < -0.39 is 5.41 Å². The van der Waals surface area contributed by atoms with Gasteiger partial charge in [-0.25, -0.2) is 0 Å². The van der Waals surface area contributed by atoms with E-state index in [4.69, 9.17) is 0 Å². The summed E-state index contributed by atoms with van der Waals surface area (Å²) in [7, 11) is 0. The maximum Gasteiger partial charge on any atom is 0.116 e. The van der Waals surface area contributed by atoms with Crippen LogP contribution in [0.25, 0.3) is 43.4 Å². The minimum atomic E-state index is -0.495. The van der Waals surface area contributed by atoms with Crippen LogP contribution in [0.5, 0.6) is 11.5 Å². The van der Waals surface area contributed by atoms with E-state index in [0.29, 0.717) is 0 Å². The molecule has 0 aromatic heterocycles. The van der Waals surface area contributed by atoms with Gasteiger partial charge in [0.25, 0.3) is 0 Å². The summed E-state index contributed by atoms with van der Waals surface area (Å²) >= 11 is 0. The molecule has 0 saturated carbocycles. The second-order valence-corrected chi connectivity index (χ2v) is 13.6. The number of phenolic OH excluding ortho intramolecular Hbond substituents is 2. The number of fused-ring (bicyclic) bond motifs is 6. The van der Waals surface area contributed by atoms with Crippen molar-refractivity contribution in [3.63, 3.8) is 0 Å². The summed E-state index contributed by atoms with van der Waals surface area (Å²) in [5.41, 5.74) is 9.64. The van der Waals surface area contributed by atoms with E-state index in [0.717, 1.165) is 28.0 Å². The Kier molecular flexibility index (Phi) is 11.3. The normalized spacial score (nSPS) is 12.0. The highest BCUT2D eigenvalue weighted by Crippen LogP contribution is 2.56. The predicted octanol–water partition coefficient (Wildman–Crippen LogP) is 13.9. The van der Waals surface area contributed by atoms with Crippen LogP contribution < -0.4 is 0 Å². The van der Waals surface area contributed by atoms with Crippen LogP contribution in [0.15, 0.2) is 158 Å². The Morgan fingerprint density at radius 3 is 1.34 bits per heavy atom. The minimum absolute atomic E-state index is 0.273. The van der Waals surface area contributed by atoms with Crippen LogP contribution in [0.2, 0.25) is 0 Å². The molecule has 0 unspecified atom stereocenters. The zero-order valence-electron chi connectivity index (χ0n) is 31.8. The number of rotatable bonds is 3. The average molecular weight is 695 g/mol. The Bertz CT molecular complexity index is 2370. The lowest BCUT2D eigenvalue weighted by Crippen LogP contribution is -2.28. The molecule has 2 N–H and O–H groups in total. The van der Waals surface area contributed by atoms with E-state index in [1.54, 1.807) is 12.1 Å². The summed E-state index contributed by atoms with van der Waals surface area (Å²) in [5, 5.41) is 26.9. The summed E-state index contributed by atoms with van der Waals surface area (Å²) in [6.07, 6.45) is 2.36. The fraction of sp³-hybridized carbons (Fsp3) is 0.176. The summed E-state index contributed by atoms with van der Waals surface area (Å²) in [5.74, 6) is 0.545. The van der Waals surface area contributed by atoms with Crippen molar-refractivity contribution in [3.05, 3.63) is 191 Å². The van der Waals surface area contributed by atoms with E-state index in [1.165, 1.54) is 61.7 Å². The summed E-state index contributed by atoms with van der Waals surface area (Å²) in [4.78, 5) is 0. The molecule has 0 bridgehead atoms. The molecule has 0 amide bonds. The first-order valence-corrected chi connectivity index (χ1v) is 19.0. The lowest BCUT2D eigenvalue weighted by atomic mass is 9.67. The van der Waals surface area contributed by atoms with Gasteiger partial charge in [-0.15, -0.1) is 0 Å². The van der Waals surface area contributed by atoms with E-state index >= 15 is 0 Å². The van der Waals surface area contributed by atoms with Crippen molar-refractivity contribution >= 4 is 32.3 Å². The molecule has 266 valence electrons. The van der Waals surface area contributed by atoms with E-state index in [1.807, 2.05) is 38.1 Å². The van der Waals surface area contributed by atoms with Crippen molar-refractivity contribution in [2.75, 3.05) is 0 Å². The second-order valence-electron chi connectivity index (χ2n) is 13.6. The Labute approximate surface area is 315 Å². The van der Waals surface area contributed by atoms with Crippen LogP contribution in [0.1, 0.15) is 74.4 Å². The third-order valence-electron chi connectivity index (χ3n) is 9.93. The van der Waals surface area contributed by atoms with Gasteiger partial charge in [-0.05, 0) is 121 Å². The molecule has 0 radical (unpaired) electrons. The Hall–Kier alpha value is -5.86. The van der Waals surface area contributed by atoms with Crippen LogP contribution >= 0.6 is 0 Å². The fourth-order valence-corrected chi connectivity index (χ4v) is 7.59. The first-order chi connectivity index (χ1) is 25.8. The molecule has 2 nitrogen and oxygen atoms in total. The van der Waals surface area contributed by atoms with Crippen LogP contribution in [-0.2, 0) is 11.8 Å². The lowest BCUT2D eigenvalue weighted by Gasteiger charge is -2.34. The molecule has 0 atom stereocenters. The van der Waals surface area contributed by atoms with Crippen LogP contribution in [0, 0.1) is 6.92 Å². The van der Waals surface area contributed by atoms with E-state index in [2.05, 4.69) is 149 Å². The predicted molar refractivity (Wildman–Crippen MR) is 227 cm³/mol. The van der Waals surface area contributed by atoms with Crippen molar-refractivity contribution in [1.29, 1.82) is 0 Å². The van der Waals surface area contributed by atoms with E-state index in [-0.39, 0.29) is 11.5 Å². The molecule has 1 aliphatic carbocycles. The molecule has 0 heterocycles. The summed E-state index contributed by atoms with van der Waals surface area (Å²) in [6.45, 7) is 12.6. The zero-order chi connectivity index (χ0) is 37.5. The number of hydrogen-bond donors (Lipinski definition) is 2. The summed E-state index contributed by atoms with van der Waals surface area (Å²) < 4.78 is 0. The van der Waals surface area contributed by atoms with E-state index in [9.17, 15) is 10.2 Å². The molecule has 53 heavy (non-hydrogen) atoms. The van der Waals surface area contributed by atoms with Crippen LogP contribution in [0.4, 0.5) is 0 Å². The highest BCUT2D eigenvalue weighted by Gasteiger charge is 2.46. The molecule has 0 saturated heterocycles. The lowest BCUT2D eigenvalue weighted by molar-refractivity contribution is 0.475. The Morgan fingerprint density at radius 1 is 0.434 bits per heavy atom. The van der Waals surface area contributed by atoms with Gasteiger partial charge in [0.15, 0.2) is 0 Å². The van der Waals surface area contributed by atoms with Crippen LogP contribution in [-0.4, -0.2) is 10.2 Å². The monoisotopic (exact) mass is 694 g/mol. The number of aryl methyl sites for hydroxylation is 2. The third-order valence-corrected chi connectivity index (χ3v) is 9.93. The minimum Gasteiger partial charge on any atom is -0.508 e. The van der Waals surface area contributed by atoms with Gasteiger partial charge in [-0.3, -0.25) is 0 Å². The first kappa shape index (κ1) is 36.9. The SMILES string of the molecule is CC.CCC.CCc1ccc2cc(C)ccc2c1.Oc1ccc2cc(C3(c4ccc5cc(O)ccc5c4)c4ccccc4-c4ccccc43)ccc2c1. The molecular weight excluding hydrogens is 645 g/mol. The average Bonchev–Trinajstić information content (AvgIpc) is 3.50. The van der Waals surface area contributed by atoms with Gasteiger partial charge in [0, 0.05) is 0 Å². The van der Waals surface area contributed by atoms with Crippen molar-refractivity contribution < 1.29 is 10.2 Å². The number of hydrogen-bond acceptors (Lipinski definition) is 2. The molecule has 8 aromatic carbocycles. The topological polar surface area (TPSA) is 40.5 Å². The Balaban J connectivity index is 0.000000223. The molecule has 2 heteroatoms. The van der Waals surface area contributed by atoms with Gasteiger partial charge >= 0.3 is 0 Å². The molecule has 0 aliphatic heterocycles. The van der Waals surface area contributed by atoms with Gasteiger partial charge in [0.05, 0.1) is 5.41 Å². The standard InChI is InChI=1S/C33H22O2.C13H14.C3H8.C2H6/c34-27-15-11-21-17-25(13-9-23(21)19-27)33(26-14-10-24-20-28(35)16-12-22(24)18-26)31-7-3-1-5-29(31)30-6-2-4-8-32(30)33;1-3-11-5-7-12-8-10(2)4-6-13(12)9-11;1-3-2;1-2/h1-20,34-35H;4-9H,3H2,1-2H3;3H2,1-2H3;1-2H3. The van der Waals surface area contributed by atoms with Crippen molar-refractivity contribution in [2.45, 2.75) is 59.8 Å². The van der Waals surface area contributed by atoms with Gasteiger partial charge < -0.3 is 10.2 Å². The molecule has 0 fully saturated rings. The highest BCUT2D eigenvalue weighted by atomic mass is 16.3. The zero-order valence-corrected chi connectivity index (χ0v) is 31.8. The second kappa shape index (κ2) is 16.2. The third kappa shape index (κ3) is 7.15. The van der Waals surface area contributed by atoms with Gasteiger partial charge in [0.1, 0.15) is 11.5 Å². The summed E-state index contributed by atoms with van der Waals surface area (Å²) in [6, 6.07) is 54.9. The van der Waals surface area contributed by atoms with Crippen LogP contribution in [0.3, 0.4) is 0 Å². The Morgan fingerprint density at radius 2 is 0.830 bits per heavy atom. The molecular formula is C51H50O2. The van der Waals surface area contributed by atoms with Crippen molar-refractivity contribution in [1.82, 2.24) is 0 Å².